The molecule has 0 bridgehead atoms. The predicted molar refractivity (Wildman–Crippen MR) is 87.6 cm³/mol. The lowest BCUT2D eigenvalue weighted by atomic mass is 9.95. The average Bonchev–Trinajstić information content (AvgIpc) is 3.03. The van der Waals surface area contributed by atoms with Gasteiger partial charge in [0.2, 0.25) is 5.91 Å². The highest BCUT2D eigenvalue weighted by molar-refractivity contribution is 5.83. The van der Waals surface area contributed by atoms with Crippen LogP contribution in [0.25, 0.3) is 0 Å². The number of benzene rings is 1. The Morgan fingerprint density at radius 1 is 1.18 bits per heavy atom. The van der Waals surface area contributed by atoms with Gasteiger partial charge < -0.3 is 9.73 Å². The van der Waals surface area contributed by atoms with Crippen LogP contribution in [-0.4, -0.2) is 31.4 Å². The van der Waals surface area contributed by atoms with Gasteiger partial charge in [0.25, 0.3) is 0 Å². The number of nitrogens with zero attached hydrogens (tertiary/aromatic N) is 1. The molecule has 1 heterocycles. The molecule has 0 saturated heterocycles. The molecule has 0 radical (unpaired) electrons. The minimum absolute atomic E-state index is 0.0345. The van der Waals surface area contributed by atoms with Crippen LogP contribution in [0.4, 0.5) is 0 Å². The Bertz CT molecular complexity index is 564. The van der Waals surface area contributed by atoms with Crippen molar-refractivity contribution in [2.45, 2.75) is 25.3 Å². The smallest absolute Gasteiger partial charge is 0.227 e. The number of carbonyl (C=O) groups excluding carboxylic acids is 1. The Hall–Kier alpha value is -2.07. The molecular weight excluding hydrogens is 276 g/mol. The molecule has 22 heavy (non-hydrogen) atoms. The van der Waals surface area contributed by atoms with Gasteiger partial charge in [-0.25, -0.2) is 0 Å². The molecule has 0 spiro atoms. The maximum Gasteiger partial charge on any atom is 0.227 e. The Balaban J connectivity index is 2.01. The van der Waals surface area contributed by atoms with Crippen LogP contribution in [0, 0.1) is 0 Å². The Morgan fingerprint density at radius 2 is 1.91 bits per heavy atom. The lowest BCUT2D eigenvalue weighted by molar-refractivity contribution is -0.122. The number of furan rings is 1. The minimum Gasteiger partial charge on any atom is -0.468 e. The average molecular weight is 300 g/mol. The van der Waals surface area contributed by atoms with E-state index in [0.717, 1.165) is 17.7 Å². The van der Waals surface area contributed by atoms with E-state index in [1.54, 1.807) is 6.26 Å². The summed E-state index contributed by atoms with van der Waals surface area (Å²) in [5.41, 5.74) is 1.06. The van der Waals surface area contributed by atoms with Gasteiger partial charge in [-0.3, -0.25) is 9.69 Å². The van der Waals surface area contributed by atoms with Gasteiger partial charge in [0, 0.05) is 6.54 Å². The summed E-state index contributed by atoms with van der Waals surface area (Å²) in [6.07, 6.45) is 2.44. The number of amides is 1. The Morgan fingerprint density at radius 3 is 2.45 bits per heavy atom. The second-order valence-corrected chi connectivity index (χ2v) is 5.61. The minimum atomic E-state index is -0.111. The third kappa shape index (κ3) is 3.98. The van der Waals surface area contributed by atoms with Gasteiger partial charge in [0.1, 0.15) is 5.76 Å². The van der Waals surface area contributed by atoms with Crippen LogP contribution in [0.1, 0.15) is 36.6 Å². The van der Waals surface area contributed by atoms with Crippen molar-refractivity contribution in [3.05, 3.63) is 60.1 Å². The first-order valence-electron chi connectivity index (χ1n) is 7.66. The van der Waals surface area contributed by atoms with Crippen molar-refractivity contribution in [1.29, 1.82) is 0 Å². The van der Waals surface area contributed by atoms with Gasteiger partial charge in [-0.2, -0.15) is 0 Å². The highest BCUT2D eigenvalue weighted by Crippen LogP contribution is 2.21. The van der Waals surface area contributed by atoms with Gasteiger partial charge in [-0.15, -0.1) is 0 Å². The molecule has 0 aliphatic carbocycles. The number of nitrogens with one attached hydrogen (secondary N) is 1. The van der Waals surface area contributed by atoms with Crippen LogP contribution < -0.4 is 5.32 Å². The standard InChI is InChI=1S/C18H24N2O2/c1-4-15(14-9-6-5-7-10-14)18(21)19-13-16(20(2)3)17-11-8-12-22-17/h5-12,15-16H,4,13H2,1-3H3,(H,19,21). The van der Waals surface area contributed by atoms with Crippen LogP contribution in [0.2, 0.25) is 0 Å². The molecule has 1 aromatic carbocycles. The van der Waals surface area contributed by atoms with E-state index in [9.17, 15) is 4.79 Å². The maximum absolute atomic E-state index is 12.5. The van der Waals surface area contributed by atoms with Crippen molar-refractivity contribution in [3.63, 3.8) is 0 Å². The SMILES string of the molecule is CCC(C(=O)NCC(c1ccco1)N(C)C)c1ccccc1. The van der Waals surface area contributed by atoms with Crippen molar-refractivity contribution in [1.82, 2.24) is 10.2 Å². The Kier molecular flexibility index (Phi) is 5.78. The van der Waals surface area contributed by atoms with Crippen molar-refractivity contribution in [3.8, 4) is 0 Å². The van der Waals surface area contributed by atoms with Crippen LogP contribution in [0.15, 0.2) is 53.1 Å². The molecule has 2 aromatic rings. The zero-order chi connectivity index (χ0) is 15.9. The van der Waals surface area contributed by atoms with Crippen LogP contribution in [0.5, 0.6) is 0 Å². The summed E-state index contributed by atoms with van der Waals surface area (Å²) in [6, 6.07) is 13.7. The molecule has 4 nitrogen and oxygen atoms in total. The summed E-state index contributed by atoms with van der Waals surface area (Å²) in [6.45, 7) is 2.57. The normalized spacial score (nSPS) is 13.8. The van der Waals surface area contributed by atoms with E-state index in [2.05, 4.69) is 5.32 Å². The van der Waals surface area contributed by atoms with E-state index in [0.29, 0.717) is 6.54 Å². The molecule has 118 valence electrons. The fourth-order valence-corrected chi connectivity index (χ4v) is 2.60. The summed E-state index contributed by atoms with van der Waals surface area (Å²) < 4.78 is 5.47. The van der Waals surface area contributed by atoms with Crippen molar-refractivity contribution < 1.29 is 9.21 Å². The van der Waals surface area contributed by atoms with Gasteiger partial charge in [0.05, 0.1) is 18.2 Å². The number of rotatable bonds is 7. The summed E-state index contributed by atoms with van der Waals surface area (Å²) >= 11 is 0. The molecule has 1 N–H and O–H groups in total. The van der Waals surface area contributed by atoms with Crippen LogP contribution in [0.3, 0.4) is 0 Å². The lowest BCUT2D eigenvalue weighted by Crippen LogP contribution is -2.36. The Labute approximate surface area is 132 Å². The quantitative estimate of drug-likeness (QED) is 0.854. The number of carbonyl (C=O) groups is 1. The molecule has 2 atom stereocenters. The molecule has 1 aromatic heterocycles. The number of hydrogen-bond acceptors (Lipinski definition) is 3. The number of likely N-dealkylation sites (N-methyl/N-ethyl adjacent to an activating group) is 1. The highest BCUT2D eigenvalue weighted by Gasteiger charge is 2.22. The third-order valence-corrected chi connectivity index (χ3v) is 3.89. The fraction of sp³-hybridized carbons (Fsp3) is 0.389. The monoisotopic (exact) mass is 300 g/mol. The van der Waals surface area contributed by atoms with Crippen LogP contribution >= 0.6 is 0 Å². The topological polar surface area (TPSA) is 45.5 Å². The van der Waals surface area contributed by atoms with E-state index in [1.165, 1.54) is 0 Å². The van der Waals surface area contributed by atoms with Crippen molar-refractivity contribution in [2.75, 3.05) is 20.6 Å². The molecule has 4 heteroatoms. The first kappa shape index (κ1) is 16.3. The van der Waals surface area contributed by atoms with Gasteiger partial charge >= 0.3 is 0 Å². The number of hydrogen-bond donors (Lipinski definition) is 1. The molecule has 2 rings (SSSR count). The lowest BCUT2D eigenvalue weighted by Gasteiger charge is -2.24. The van der Waals surface area contributed by atoms with E-state index in [-0.39, 0.29) is 17.9 Å². The fourth-order valence-electron chi connectivity index (χ4n) is 2.60. The van der Waals surface area contributed by atoms with Gasteiger partial charge in [-0.1, -0.05) is 37.3 Å². The molecular formula is C18H24N2O2. The summed E-state index contributed by atoms with van der Waals surface area (Å²) in [7, 11) is 3.96. The van der Waals surface area contributed by atoms with Crippen LogP contribution in [-0.2, 0) is 4.79 Å². The molecule has 0 aliphatic rings. The second kappa shape index (κ2) is 7.80. The summed E-state index contributed by atoms with van der Waals surface area (Å²) in [5.74, 6) is 0.811. The van der Waals surface area contributed by atoms with Crippen molar-refractivity contribution in [2.24, 2.45) is 0 Å². The first-order valence-corrected chi connectivity index (χ1v) is 7.66. The van der Waals surface area contributed by atoms with E-state index >= 15 is 0 Å². The zero-order valence-electron chi connectivity index (χ0n) is 13.5. The first-order chi connectivity index (χ1) is 10.6. The molecule has 2 unspecified atom stereocenters. The second-order valence-electron chi connectivity index (χ2n) is 5.61. The maximum atomic E-state index is 12.5. The summed E-state index contributed by atoms with van der Waals surface area (Å²) in [4.78, 5) is 14.6. The van der Waals surface area contributed by atoms with Crippen molar-refractivity contribution >= 4 is 5.91 Å². The van der Waals surface area contributed by atoms with Gasteiger partial charge in [0.15, 0.2) is 0 Å². The molecule has 1 amide bonds. The predicted octanol–water partition coefficient (Wildman–Crippen LogP) is 3.19. The highest BCUT2D eigenvalue weighted by atomic mass is 16.3. The van der Waals surface area contributed by atoms with E-state index in [1.807, 2.05) is 68.4 Å². The zero-order valence-corrected chi connectivity index (χ0v) is 13.5. The van der Waals surface area contributed by atoms with E-state index < -0.39 is 0 Å². The van der Waals surface area contributed by atoms with E-state index in [4.69, 9.17) is 4.42 Å². The molecule has 0 aliphatic heterocycles. The summed E-state index contributed by atoms with van der Waals surface area (Å²) in [5, 5.41) is 3.06. The third-order valence-electron chi connectivity index (χ3n) is 3.89. The molecule has 0 fully saturated rings. The van der Waals surface area contributed by atoms with Gasteiger partial charge in [-0.05, 0) is 38.2 Å². The largest absolute Gasteiger partial charge is 0.468 e. The molecule has 0 saturated carbocycles.